The van der Waals surface area contributed by atoms with E-state index in [1.165, 1.54) is 11.1 Å². The van der Waals surface area contributed by atoms with Crippen LogP contribution in [0.3, 0.4) is 0 Å². The van der Waals surface area contributed by atoms with E-state index in [9.17, 15) is 10.1 Å². The number of carbonyl (C=O) groups excluding carboxylic acids is 1. The molecule has 0 saturated heterocycles. The van der Waals surface area contributed by atoms with Crippen molar-refractivity contribution in [3.63, 3.8) is 0 Å². The zero-order chi connectivity index (χ0) is 24.2. The Labute approximate surface area is 198 Å². The van der Waals surface area contributed by atoms with Crippen LogP contribution in [-0.2, 0) is 4.79 Å². The van der Waals surface area contributed by atoms with Crippen molar-refractivity contribution in [3.05, 3.63) is 88.2 Å². The van der Waals surface area contributed by atoms with Gasteiger partial charge in [0.1, 0.15) is 17.6 Å². The molecule has 0 bridgehead atoms. The van der Waals surface area contributed by atoms with Gasteiger partial charge in [0.2, 0.25) is 0 Å². The summed E-state index contributed by atoms with van der Waals surface area (Å²) in [6, 6.07) is 19.3. The van der Waals surface area contributed by atoms with Crippen LogP contribution in [0.2, 0.25) is 0 Å². The molecule has 0 spiro atoms. The monoisotopic (exact) mass is 450 g/mol. The lowest BCUT2D eigenvalue weighted by atomic mass is 10.1. The van der Waals surface area contributed by atoms with Crippen LogP contribution in [0.1, 0.15) is 33.6 Å². The molecule has 0 unspecified atom stereocenters. The second-order valence-corrected chi connectivity index (χ2v) is 8.41. The maximum absolute atomic E-state index is 12.2. The van der Waals surface area contributed by atoms with Gasteiger partial charge in [-0.05, 0) is 98.0 Å². The van der Waals surface area contributed by atoms with Crippen molar-refractivity contribution in [2.24, 2.45) is 0 Å². The van der Waals surface area contributed by atoms with Gasteiger partial charge in [0.05, 0.1) is 16.6 Å². The van der Waals surface area contributed by atoms with Gasteiger partial charge in [-0.25, -0.2) is 4.98 Å². The fraction of sp³-hybridized carbons (Fsp3) is 0.179. The van der Waals surface area contributed by atoms with E-state index >= 15 is 0 Å². The zero-order valence-electron chi connectivity index (χ0n) is 19.7. The molecular weight excluding hydrogens is 424 g/mol. The Morgan fingerprint density at radius 3 is 2.41 bits per heavy atom. The number of aromatic amines is 1. The number of amides is 1. The first kappa shape index (κ1) is 22.8. The number of aromatic nitrogens is 2. The van der Waals surface area contributed by atoms with Gasteiger partial charge >= 0.3 is 0 Å². The summed E-state index contributed by atoms with van der Waals surface area (Å²) in [6.07, 6.45) is 1.77. The van der Waals surface area contributed by atoms with Crippen LogP contribution in [0, 0.1) is 39.0 Å². The normalized spacial score (nSPS) is 11.3. The number of carbonyl (C=O) groups is 1. The van der Waals surface area contributed by atoms with E-state index in [0.29, 0.717) is 17.1 Å². The summed E-state index contributed by atoms with van der Waals surface area (Å²) in [4.78, 5) is 20.0. The number of ether oxygens (including phenoxy) is 1. The first-order valence-electron chi connectivity index (χ1n) is 11.0. The first-order valence-corrected chi connectivity index (χ1v) is 11.0. The van der Waals surface area contributed by atoms with Crippen molar-refractivity contribution in [2.45, 2.75) is 27.7 Å². The number of aryl methyl sites for hydroxylation is 4. The number of nitrogens with one attached hydrogen (secondary N) is 2. The fourth-order valence-electron chi connectivity index (χ4n) is 3.54. The number of rotatable bonds is 6. The molecule has 170 valence electrons. The zero-order valence-corrected chi connectivity index (χ0v) is 19.7. The molecule has 1 amide bonds. The van der Waals surface area contributed by atoms with Gasteiger partial charge in [0.25, 0.3) is 5.91 Å². The van der Waals surface area contributed by atoms with E-state index in [2.05, 4.69) is 21.4 Å². The summed E-state index contributed by atoms with van der Waals surface area (Å²) in [7, 11) is 0. The molecule has 4 rings (SSSR count). The largest absolute Gasteiger partial charge is 0.484 e. The molecule has 0 radical (unpaired) electrons. The summed E-state index contributed by atoms with van der Waals surface area (Å²) in [6.45, 7) is 8.03. The molecule has 1 heterocycles. The highest BCUT2D eigenvalue weighted by Crippen LogP contribution is 2.23. The average Bonchev–Trinajstić information content (AvgIpc) is 3.22. The predicted octanol–water partition coefficient (Wildman–Crippen LogP) is 5.88. The molecule has 6 nitrogen and oxygen atoms in total. The summed E-state index contributed by atoms with van der Waals surface area (Å²) >= 11 is 0. The number of H-pyrrole nitrogens is 1. The van der Waals surface area contributed by atoms with Gasteiger partial charge in [-0.2, -0.15) is 5.26 Å². The van der Waals surface area contributed by atoms with Gasteiger partial charge in [-0.3, -0.25) is 4.79 Å². The number of hydrogen-bond acceptors (Lipinski definition) is 4. The predicted molar refractivity (Wildman–Crippen MR) is 136 cm³/mol. The minimum Gasteiger partial charge on any atom is -0.484 e. The number of allylic oxidation sites excluding steroid dienone is 1. The van der Waals surface area contributed by atoms with Crippen LogP contribution in [0.25, 0.3) is 22.7 Å². The molecule has 1 aromatic heterocycles. The number of hydrogen-bond donors (Lipinski definition) is 2. The van der Waals surface area contributed by atoms with Crippen LogP contribution >= 0.6 is 0 Å². The van der Waals surface area contributed by atoms with Crippen molar-refractivity contribution >= 4 is 34.3 Å². The summed E-state index contributed by atoms with van der Waals surface area (Å²) in [5, 5.41) is 12.5. The first-order chi connectivity index (χ1) is 16.3. The number of benzene rings is 3. The quantitative estimate of drug-likeness (QED) is 0.359. The molecule has 34 heavy (non-hydrogen) atoms. The highest BCUT2D eigenvalue weighted by atomic mass is 16.5. The summed E-state index contributed by atoms with van der Waals surface area (Å²) < 4.78 is 5.61. The molecule has 2 N–H and O–H groups in total. The number of imidazole rings is 1. The molecule has 0 fully saturated rings. The third-order valence-electron chi connectivity index (χ3n) is 5.82. The van der Waals surface area contributed by atoms with Gasteiger partial charge in [0.15, 0.2) is 6.61 Å². The molecule has 0 atom stereocenters. The van der Waals surface area contributed by atoms with Gasteiger partial charge < -0.3 is 15.0 Å². The van der Waals surface area contributed by atoms with Crippen LogP contribution in [-0.4, -0.2) is 22.5 Å². The molecule has 0 saturated carbocycles. The standard InChI is InChI=1S/C28H26N4O2/c1-17-5-8-23(11-18(17)2)30-27(33)16-34-24-9-6-21(7-10-24)14-22(15-29)28-31-25-12-19(3)20(4)13-26(25)32-28/h5-14H,16H2,1-4H3,(H,30,33)(H,31,32)/b22-14-. The molecular formula is C28H26N4O2. The Kier molecular flexibility index (Phi) is 6.46. The number of nitriles is 1. The Bertz CT molecular complexity index is 1400. The lowest BCUT2D eigenvalue weighted by Gasteiger charge is -2.09. The van der Waals surface area contributed by atoms with Crippen molar-refractivity contribution in [3.8, 4) is 11.8 Å². The number of nitrogens with zero attached hydrogens (tertiary/aromatic N) is 2. The molecule has 0 aliphatic heterocycles. The summed E-state index contributed by atoms with van der Waals surface area (Å²) in [5.74, 6) is 0.876. The van der Waals surface area contributed by atoms with Crippen molar-refractivity contribution in [1.29, 1.82) is 5.26 Å². The van der Waals surface area contributed by atoms with Crippen molar-refractivity contribution in [1.82, 2.24) is 9.97 Å². The molecule has 6 heteroatoms. The highest BCUT2D eigenvalue weighted by molar-refractivity contribution is 5.92. The van der Waals surface area contributed by atoms with Crippen LogP contribution in [0.15, 0.2) is 54.6 Å². The second kappa shape index (κ2) is 9.63. The van der Waals surface area contributed by atoms with Gasteiger partial charge in [-0.15, -0.1) is 0 Å². The fourth-order valence-corrected chi connectivity index (χ4v) is 3.54. The molecule has 0 aliphatic rings. The Morgan fingerprint density at radius 1 is 1.00 bits per heavy atom. The number of fused-ring (bicyclic) bond motifs is 1. The average molecular weight is 451 g/mol. The van der Waals surface area contributed by atoms with Crippen LogP contribution < -0.4 is 10.1 Å². The van der Waals surface area contributed by atoms with E-state index in [1.54, 1.807) is 18.2 Å². The van der Waals surface area contributed by atoms with Crippen LogP contribution in [0.4, 0.5) is 5.69 Å². The topological polar surface area (TPSA) is 90.8 Å². The lowest BCUT2D eigenvalue weighted by Crippen LogP contribution is -2.20. The highest BCUT2D eigenvalue weighted by Gasteiger charge is 2.10. The minimum absolute atomic E-state index is 0.0939. The van der Waals surface area contributed by atoms with E-state index in [0.717, 1.165) is 33.4 Å². The second-order valence-electron chi connectivity index (χ2n) is 8.41. The van der Waals surface area contributed by atoms with Gasteiger partial charge in [-0.1, -0.05) is 18.2 Å². The molecule has 4 aromatic rings. The van der Waals surface area contributed by atoms with Crippen molar-refractivity contribution < 1.29 is 9.53 Å². The van der Waals surface area contributed by atoms with Crippen molar-refractivity contribution in [2.75, 3.05) is 11.9 Å². The van der Waals surface area contributed by atoms with Gasteiger partial charge in [0, 0.05) is 5.69 Å². The van der Waals surface area contributed by atoms with E-state index in [4.69, 9.17) is 4.74 Å². The number of anilines is 1. The lowest BCUT2D eigenvalue weighted by molar-refractivity contribution is -0.118. The van der Waals surface area contributed by atoms with E-state index in [1.807, 2.05) is 70.2 Å². The maximum atomic E-state index is 12.2. The van der Waals surface area contributed by atoms with E-state index in [-0.39, 0.29) is 12.5 Å². The Morgan fingerprint density at radius 2 is 1.71 bits per heavy atom. The maximum Gasteiger partial charge on any atom is 0.262 e. The SMILES string of the molecule is Cc1ccc(NC(=O)COc2ccc(/C=C(/C#N)c3nc4cc(C)c(C)cc4[nH]3)cc2)cc1C. The minimum atomic E-state index is -0.227. The molecule has 0 aliphatic carbocycles. The third kappa shape index (κ3) is 5.16. The third-order valence-corrected chi connectivity index (χ3v) is 5.82. The molecule has 3 aromatic carbocycles. The van der Waals surface area contributed by atoms with E-state index < -0.39 is 0 Å². The Balaban J connectivity index is 1.41. The smallest absolute Gasteiger partial charge is 0.262 e. The summed E-state index contributed by atoms with van der Waals surface area (Å²) in [5.41, 5.74) is 8.38. The van der Waals surface area contributed by atoms with Crippen LogP contribution in [0.5, 0.6) is 5.75 Å². The Hall–Kier alpha value is -4.37.